The van der Waals surface area contributed by atoms with Gasteiger partial charge in [0.1, 0.15) is 0 Å². The monoisotopic (exact) mass is 428 g/mol. The summed E-state index contributed by atoms with van der Waals surface area (Å²) < 4.78 is 17.7. The summed E-state index contributed by atoms with van der Waals surface area (Å²) in [4.78, 5) is 11.8. The maximum atomic E-state index is 11.8. The molecule has 0 radical (unpaired) electrons. The Kier molecular flexibility index (Phi) is 8.94. The fourth-order valence-corrected chi connectivity index (χ4v) is 4.14. The third-order valence-electron chi connectivity index (χ3n) is 5.82. The van der Waals surface area contributed by atoms with Gasteiger partial charge in [-0.15, -0.1) is 0 Å². The van der Waals surface area contributed by atoms with Crippen LogP contribution >= 0.6 is 0 Å². The SMILES string of the molecule is B=COC(=O)CCc1cc(C(C)(C)C)c(OC(C)OC2CCCCC2)c(C(C)(C)C)c1. The number of aryl methyl sites for hydroxylation is 1. The van der Waals surface area contributed by atoms with E-state index < -0.39 is 0 Å². The summed E-state index contributed by atoms with van der Waals surface area (Å²) in [6.07, 6.45) is 8.12. The topological polar surface area (TPSA) is 44.8 Å². The van der Waals surface area contributed by atoms with E-state index in [1.165, 1.54) is 25.4 Å². The Hall–Kier alpha value is -1.62. The number of ether oxygens (including phenoxy) is 3. The molecule has 0 bridgehead atoms. The van der Waals surface area contributed by atoms with Crippen molar-refractivity contribution in [1.82, 2.24) is 0 Å². The zero-order valence-corrected chi connectivity index (χ0v) is 20.7. The Bertz CT molecular complexity index is 717. The molecule has 0 heterocycles. The van der Waals surface area contributed by atoms with Crippen LogP contribution < -0.4 is 4.74 Å². The average molecular weight is 428 g/mol. The summed E-state index contributed by atoms with van der Waals surface area (Å²) in [7, 11) is 3.46. The van der Waals surface area contributed by atoms with Crippen LogP contribution in [0.1, 0.15) is 104 Å². The van der Waals surface area contributed by atoms with Gasteiger partial charge in [0.15, 0.2) is 0 Å². The number of esters is 1. The number of hydrogen-bond donors (Lipinski definition) is 0. The molecule has 2 rings (SSSR count). The molecule has 1 fully saturated rings. The number of rotatable bonds is 8. The number of hydrogen-bond acceptors (Lipinski definition) is 4. The minimum absolute atomic E-state index is 0.114. The van der Waals surface area contributed by atoms with Gasteiger partial charge in [0.2, 0.25) is 0 Å². The molecule has 5 heteroatoms. The fourth-order valence-electron chi connectivity index (χ4n) is 4.14. The molecule has 31 heavy (non-hydrogen) atoms. The van der Waals surface area contributed by atoms with Gasteiger partial charge in [0, 0.05) is 0 Å². The minimum atomic E-state index is -0.307. The van der Waals surface area contributed by atoms with Gasteiger partial charge in [-0.25, -0.2) is 0 Å². The Morgan fingerprint density at radius 3 is 2.10 bits per heavy atom. The molecule has 0 spiro atoms. The van der Waals surface area contributed by atoms with Crippen molar-refractivity contribution in [1.29, 1.82) is 0 Å². The predicted octanol–water partition coefficient (Wildman–Crippen LogP) is 5.49. The van der Waals surface area contributed by atoms with Gasteiger partial charge in [-0.1, -0.05) is 19.3 Å². The molecule has 0 saturated heterocycles. The van der Waals surface area contributed by atoms with E-state index in [1.54, 1.807) is 0 Å². The molecule has 1 aromatic carbocycles. The van der Waals surface area contributed by atoms with E-state index in [1.807, 2.05) is 6.92 Å². The van der Waals surface area contributed by atoms with E-state index in [2.05, 4.69) is 61.2 Å². The Labute approximate surface area is 190 Å². The van der Waals surface area contributed by atoms with E-state index >= 15 is 0 Å². The van der Waals surface area contributed by atoms with Crippen molar-refractivity contribution in [2.24, 2.45) is 0 Å². The van der Waals surface area contributed by atoms with E-state index in [9.17, 15) is 4.79 Å². The van der Waals surface area contributed by atoms with Gasteiger partial charge in [-0.2, -0.15) is 0 Å². The van der Waals surface area contributed by atoms with Crippen molar-refractivity contribution < 1.29 is 19.0 Å². The molecule has 1 atom stereocenters. The third kappa shape index (κ3) is 7.78. The summed E-state index contributed by atoms with van der Waals surface area (Å²) in [5, 5.41) is 0. The summed E-state index contributed by atoms with van der Waals surface area (Å²) in [5.41, 5.74) is 3.18. The molecule has 1 aromatic rings. The van der Waals surface area contributed by atoms with Crippen LogP contribution in [0.25, 0.3) is 0 Å². The second-order valence-electron chi connectivity index (χ2n) is 10.8. The van der Waals surface area contributed by atoms with Crippen LogP contribution in [0.3, 0.4) is 0 Å². The molecule has 4 nitrogen and oxygen atoms in total. The van der Waals surface area contributed by atoms with Crippen molar-refractivity contribution in [2.75, 3.05) is 0 Å². The molecule has 172 valence electrons. The van der Waals surface area contributed by atoms with Crippen LogP contribution in [-0.4, -0.2) is 32.0 Å². The molecule has 0 amide bonds. The van der Waals surface area contributed by atoms with E-state index in [0.717, 1.165) is 35.3 Å². The van der Waals surface area contributed by atoms with Crippen molar-refractivity contribution in [3.8, 4) is 5.75 Å². The fraction of sp³-hybridized carbons (Fsp3) is 0.692. The van der Waals surface area contributed by atoms with Gasteiger partial charge in [0.05, 0.1) is 6.10 Å². The Morgan fingerprint density at radius 2 is 1.61 bits per heavy atom. The molecule has 0 N–H and O–H groups in total. The van der Waals surface area contributed by atoms with E-state index in [-0.39, 0.29) is 29.2 Å². The second-order valence-corrected chi connectivity index (χ2v) is 10.8. The summed E-state index contributed by atoms with van der Waals surface area (Å²) in [6, 6.07) is 4.36. The number of carbonyl (C=O) groups is 1. The first-order chi connectivity index (χ1) is 14.4. The first kappa shape index (κ1) is 25.6. The Morgan fingerprint density at radius 1 is 1.06 bits per heavy atom. The maximum absolute atomic E-state index is 11.8. The predicted molar refractivity (Wildman–Crippen MR) is 130 cm³/mol. The normalized spacial score (nSPS) is 16.6. The van der Waals surface area contributed by atoms with Crippen LogP contribution in [-0.2, 0) is 31.5 Å². The quantitative estimate of drug-likeness (QED) is 0.312. The van der Waals surface area contributed by atoms with E-state index in [0.29, 0.717) is 12.8 Å². The summed E-state index contributed by atoms with van der Waals surface area (Å²) >= 11 is 0. The van der Waals surface area contributed by atoms with Crippen molar-refractivity contribution in [2.45, 2.75) is 117 Å². The van der Waals surface area contributed by atoms with Crippen molar-refractivity contribution in [3.05, 3.63) is 28.8 Å². The van der Waals surface area contributed by atoms with Gasteiger partial charge < -0.3 is 0 Å². The zero-order valence-electron chi connectivity index (χ0n) is 20.7. The summed E-state index contributed by atoms with van der Waals surface area (Å²) in [6.45, 7) is 15.2. The zero-order chi connectivity index (χ0) is 23.2. The van der Waals surface area contributed by atoms with Crippen LogP contribution in [0, 0.1) is 0 Å². The third-order valence-corrected chi connectivity index (χ3v) is 5.82. The Balaban J connectivity index is 2.36. The van der Waals surface area contributed by atoms with Crippen molar-refractivity contribution in [3.63, 3.8) is 0 Å². The van der Waals surface area contributed by atoms with Crippen LogP contribution in [0.5, 0.6) is 5.75 Å². The van der Waals surface area contributed by atoms with Gasteiger partial charge in [-0.05, 0) is 12.8 Å². The number of carbonyl (C=O) groups excluding carboxylic acids is 1. The molecule has 1 aliphatic carbocycles. The number of benzene rings is 1. The summed E-state index contributed by atoms with van der Waals surface area (Å²) in [5.74, 6) is 0.653. The molecule has 1 saturated carbocycles. The molecular formula is C26H41BO4. The molecule has 0 aromatic heterocycles. The van der Waals surface area contributed by atoms with Gasteiger partial charge in [0.25, 0.3) is 0 Å². The van der Waals surface area contributed by atoms with Crippen LogP contribution in [0.4, 0.5) is 0 Å². The molecule has 1 aliphatic rings. The first-order valence-electron chi connectivity index (χ1n) is 11.7. The van der Waals surface area contributed by atoms with Crippen LogP contribution in [0.2, 0.25) is 0 Å². The van der Waals surface area contributed by atoms with Crippen molar-refractivity contribution >= 4 is 19.6 Å². The van der Waals surface area contributed by atoms with E-state index in [4.69, 9.17) is 14.2 Å². The molecular weight excluding hydrogens is 387 g/mol. The molecule has 0 aliphatic heterocycles. The first-order valence-corrected chi connectivity index (χ1v) is 11.7. The standard InChI is InChI=1S/C26H41BO4/c1-18(30-20-11-9-8-10-12-20)31-24-21(25(2,3)4)15-19(13-14-23(28)29-17-27)16-22(24)26(5,6)7/h15-18,20,27H,8-14H2,1-7H3. The van der Waals surface area contributed by atoms with Crippen LogP contribution in [0.15, 0.2) is 12.1 Å². The van der Waals surface area contributed by atoms with Gasteiger partial charge >= 0.3 is 152 Å². The van der Waals surface area contributed by atoms with Gasteiger partial charge in [-0.3, -0.25) is 0 Å². The second kappa shape index (κ2) is 10.8. The average Bonchev–Trinajstić information content (AvgIpc) is 2.66. The molecule has 1 unspecified atom stereocenters.